The summed E-state index contributed by atoms with van der Waals surface area (Å²) in [6.45, 7) is 10.7. The number of nitrogens with zero attached hydrogens (tertiary/aromatic N) is 4. The maximum atomic E-state index is 14.2. The minimum absolute atomic E-state index is 0.161. The van der Waals surface area contributed by atoms with E-state index >= 15 is 0 Å². The number of benzene rings is 1. The van der Waals surface area contributed by atoms with E-state index in [1.807, 2.05) is 0 Å². The van der Waals surface area contributed by atoms with Crippen molar-refractivity contribution in [3.8, 4) is 5.69 Å². The topological polar surface area (TPSA) is 73.6 Å². The monoisotopic (exact) mass is 403 g/mol. The van der Waals surface area contributed by atoms with Crippen LogP contribution in [0.3, 0.4) is 0 Å². The number of hydrogen-bond donors (Lipinski definition) is 2. The lowest BCUT2D eigenvalue weighted by molar-refractivity contribution is -0.118. The fourth-order valence-electron chi connectivity index (χ4n) is 3.73. The molecule has 2 heterocycles. The molecule has 0 spiro atoms. The Hall–Kier alpha value is -2.29. The lowest BCUT2D eigenvalue weighted by Gasteiger charge is -2.41. The van der Waals surface area contributed by atoms with Crippen molar-refractivity contribution in [1.29, 1.82) is 0 Å². The predicted molar refractivity (Wildman–Crippen MR) is 111 cm³/mol. The zero-order valence-corrected chi connectivity index (χ0v) is 17.5. The van der Waals surface area contributed by atoms with Gasteiger partial charge in [0.15, 0.2) is 0 Å². The number of hydrogen-bond acceptors (Lipinski definition) is 5. The average molecular weight is 404 g/mol. The number of piperazine rings is 1. The normalized spacial score (nSPS) is 18.8. The van der Waals surface area contributed by atoms with Crippen LogP contribution in [0.1, 0.15) is 26.5 Å². The number of rotatable bonds is 6. The second-order valence-corrected chi connectivity index (χ2v) is 8.45. The first-order chi connectivity index (χ1) is 13.6. The highest BCUT2D eigenvalue weighted by Crippen LogP contribution is 2.20. The third kappa shape index (κ3) is 5.62. The molecule has 1 aliphatic heterocycles. The van der Waals surface area contributed by atoms with E-state index in [-0.39, 0.29) is 18.5 Å². The number of amides is 1. The zero-order valence-electron chi connectivity index (χ0n) is 17.5. The van der Waals surface area contributed by atoms with Crippen LogP contribution in [-0.2, 0) is 4.79 Å². The van der Waals surface area contributed by atoms with E-state index in [4.69, 9.17) is 0 Å². The number of halogens is 1. The molecule has 0 saturated carbocycles. The molecule has 3 rings (SSSR count). The first kappa shape index (κ1) is 21.4. The van der Waals surface area contributed by atoms with Crippen LogP contribution in [0.4, 0.5) is 10.2 Å². The number of anilines is 1. The Balaban J connectivity index is 1.62. The van der Waals surface area contributed by atoms with Crippen LogP contribution in [0.2, 0.25) is 0 Å². The summed E-state index contributed by atoms with van der Waals surface area (Å²) in [4.78, 5) is 17.0. The molecule has 1 atom stereocenters. The number of para-hydroxylation sites is 1. The Morgan fingerprint density at radius 3 is 2.72 bits per heavy atom. The number of aromatic nitrogens is 2. The van der Waals surface area contributed by atoms with Crippen molar-refractivity contribution in [2.24, 2.45) is 0 Å². The molecule has 1 fully saturated rings. The van der Waals surface area contributed by atoms with Crippen molar-refractivity contribution in [3.05, 3.63) is 41.8 Å². The van der Waals surface area contributed by atoms with Gasteiger partial charge in [-0.3, -0.25) is 14.6 Å². The summed E-state index contributed by atoms with van der Waals surface area (Å²) in [5.41, 5.74) is 0.249. The molecule has 0 aliphatic carbocycles. The summed E-state index contributed by atoms with van der Waals surface area (Å²) in [6, 6.07) is 8.32. The molecule has 2 N–H and O–H groups in total. The summed E-state index contributed by atoms with van der Waals surface area (Å²) >= 11 is 0. The number of β-amino-alcohol motifs (C(OH)–C–C–N with tert-alkyl or cyclic N) is 1. The molecule has 1 aliphatic rings. The Kier molecular flexibility index (Phi) is 6.36. The van der Waals surface area contributed by atoms with Crippen molar-refractivity contribution in [2.75, 3.05) is 38.0 Å². The number of nitrogens with one attached hydrogen (secondary N) is 1. The number of aryl methyl sites for hydroxylation is 1. The molecule has 2 aromatic rings. The van der Waals surface area contributed by atoms with Crippen molar-refractivity contribution in [3.63, 3.8) is 0 Å². The third-order valence-electron chi connectivity index (χ3n) is 4.99. The van der Waals surface area contributed by atoms with Gasteiger partial charge in [0.05, 0.1) is 17.8 Å². The predicted octanol–water partition coefficient (Wildman–Crippen LogP) is 2.04. The van der Waals surface area contributed by atoms with Gasteiger partial charge < -0.3 is 10.4 Å². The molecule has 1 aromatic carbocycles. The van der Waals surface area contributed by atoms with Gasteiger partial charge in [-0.25, -0.2) is 9.07 Å². The van der Waals surface area contributed by atoms with E-state index in [9.17, 15) is 14.3 Å². The molecule has 1 saturated heterocycles. The third-order valence-corrected chi connectivity index (χ3v) is 4.99. The van der Waals surface area contributed by atoms with E-state index in [2.05, 4.69) is 27.1 Å². The number of carbonyl (C=O) groups is 1. The lowest BCUT2D eigenvalue weighted by atomic mass is 10.1. The van der Waals surface area contributed by atoms with E-state index in [1.54, 1.807) is 45.0 Å². The van der Waals surface area contributed by atoms with Crippen molar-refractivity contribution >= 4 is 11.7 Å². The van der Waals surface area contributed by atoms with Crippen LogP contribution in [-0.4, -0.2) is 75.0 Å². The second-order valence-electron chi connectivity index (χ2n) is 8.45. The molecular formula is C21H30FN5O2. The summed E-state index contributed by atoms with van der Waals surface area (Å²) in [5.74, 6) is -0.111. The van der Waals surface area contributed by atoms with Gasteiger partial charge in [-0.1, -0.05) is 12.1 Å². The first-order valence-electron chi connectivity index (χ1n) is 9.92. The molecule has 1 aromatic heterocycles. The van der Waals surface area contributed by atoms with E-state index < -0.39 is 11.4 Å². The highest BCUT2D eigenvalue weighted by molar-refractivity contribution is 5.91. The summed E-state index contributed by atoms with van der Waals surface area (Å²) in [6.07, 6.45) is 0. The molecule has 1 amide bonds. The summed E-state index contributed by atoms with van der Waals surface area (Å²) in [7, 11) is 0. The fourth-order valence-corrected chi connectivity index (χ4v) is 3.73. The number of carbonyl (C=O) groups excluding carboxylic acids is 1. The summed E-state index contributed by atoms with van der Waals surface area (Å²) in [5, 5.41) is 17.2. The van der Waals surface area contributed by atoms with Crippen molar-refractivity contribution in [2.45, 2.75) is 39.3 Å². The Morgan fingerprint density at radius 1 is 1.34 bits per heavy atom. The SMILES string of the molecule is Cc1cc(NC(=O)CN2CCN(CC(C)(C)O)C(C)C2)n(-c2ccccc2F)n1. The molecular weight excluding hydrogens is 373 g/mol. The fraction of sp³-hybridized carbons (Fsp3) is 0.524. The molecule has 8 heteroatoms. The van der Waals surface area contributed by atoms with Crippen molar-refractivity contribution in [1.82, 2.24) is 19.6 Å². The van der Waals surface area contributed by atoms with Crippen LogP contribution in [0.15, 0.2) is 30.3 Å². The van der Waals surface area contributed by atoms with E-state index in [1.165, 1.54) is 10.7 Å². The minimum Gasteiger partial charge on any atom is -0.389 e. The average Bonchev–Trinajstić information content (AvgIpc) is 2.96. The van der Waals surface area contributed by atoms with Gasteiger partial charge >= 0.3 is 0 Å². The maximum absolute atomic E-state index is 14.2. The van der Waals surface area contributed by atoms with Crippen LogP contribution < -0.4 is 5.32 Å². The van der Waals surface area contributed by atoms with E-state index in [0.29, 0.717) is 23.7 Å². The molecule has 158 valence electrons. The Morgan fingerprint density at radius 2 is 2.07 bits per heavy atom. The Bertz CT molecular complexity index is 861. The van der Waals surface area contributed by atoms with Gasteiger partial charge in [0, 0.05) is 38.3 Å². The van der Waals surface area contributed by atoms with Gasteiger partial charge in [0.1, 0.15) is 17.3 Å². The van der Waals surface area contributed by atoms with Crippen LogP contribution >= 0.6 is 0 Å². The van der Waals surface area contributed by atoms with Gasteiger partial charge in [-0.05, 0) is 39.8 Å². The van der Waals surface area contributed by atoms with E-state index in [0.717, 1.165) is 19.6 Å². The van der Waals surface area contributed by atoms with Gasteiger partial charge in [-0.2, -0.15) is 5.10 Å². The highest BCUT2D eigenvalue weighted by Gasteiger charge is 2.28. The smallest absolute Gasteiger partial charge is 0.239 e. The molecule has 0 bridgehead atoms. The molecule has 7 nitrogen and oxygen atoms in total. The van der Waals surface area contributed by atoms with Crippen LogP contribution in [0, 0.1) is 12.7 Å². The zero-order chi connectivity index (χ0) is 21.2. The second kappa shape index (κ2) is 8.61. The van der Waals surface area contributed by atoms with Crippen LogP contribution in [0.25, 0.3) is 5.69 Å². The lowest BCUT2D eigenvalue weighted by Crippen LogP contribution is -2.56. The highest BCUT2D eigenvalue weighted by atomic mass is 19.1. The first-order valence-corrected chi connectivity index (χ1v) is 9.92. The summed E-state index contributed by atoms with van der Waals surface area (Å²) < 4.78 is 15.6. The maximum Gasteiger partial charge on any atom is 0.239 e. The minimum atomic E-state index is -0.739. The number of aliphatic hydroxyl groups is 1. The quantitative estimate of drug-likeness (QED) is 0.772. The standard InChI is InChI=1S/C21H30FN5O2/c1-15-11-19(27(24-15)18-8-6-5-7-17(18)22)23-20(28)13-25-9-10-26(16(2)12-25)14-21(3,4)29/h5-8,11,16,29H,9-10,12-14H2,1-4H3,(H,23,28). The van der Waals surface area contributed by atoms with Crippen molar-refractivity contribution < 1.29 is 14.3 Å². The Labute approximate surface area is 171 Å². The van der Waals surface area contributed by atoms with Gasteiger partial charge in [0.25, 0.3) is 0 Å². The van der Waals surface area contributed by atoms with Crippen LogP contribution in [0.5, 0.6) is 0 Å². The van der Waals surface area contributed by atoms with Gasteiger partial charge in [0.2, 0.25) is 5.91 Å². The molecule has 0 radical (unpaired) electrons. The largest absolute Gasteiger partial charge is 0.389 e. The molecule has 29 heavy (non-hydrogen) atoms. The van der Waals surface area contributed by atoms with Gasteiger partial charge in [-0.15, -0.1) is 0 Å². The molecule has 1 unspecified atom stereocenters.